The van der Waals surface area contributed by atoms with Crippen LogP contribution in [-0.2, 0) is 0 Å². The van der Waals surface area contributed by atoms with Crippen LogP contribution in [0, 0.1) is 0 Å². The summed E-state index contributed by atoms with van der Waals surface area (Å²) < 4.78 is 2.26. The molecule has 0 unspecified atom stereocenters. The van der Waals surface area contributed by atoms with E-state index in [1.54, 1.807) is 12.4 Å². The standard InChI is InChI=1S/C56H37N5/c1-4-16-38(17-5-1)52-51-49-30-10-11-31-50(49)61(48-28-8-3-9-29-48)56(51)60-55(59-52)47-27-15-25-45(37-47)43-23-13-21-41(35-43)40-20-12-22-42(34-40)44-24-14-26-46(36-44)54-53(57-32-33-58-54)39-18-6-2-7-19-39/h1-37H. The first-order valence-corrected chi connectivity index (χ1v) is 20.5. The van der Waals surface area contributed by atoms with Gasteiger partial charge in [0.1, 0.15) is 5.65 Å². The number of para-hydroxylation sites is 2. The van der Waals surface area contributed by atoms with Gasteiger partial charge in [-0.2, -0.15) is 0 Å². The molecule has 3 heterocycles. The van der Waals surface area contributed by atoms with Gasteiger partial charge >= 0.3 is 0 Å². The Balaban J connectivity index is 0.972. The smallest absolute Gasteiger partial charge is 0.162 e. The molecule has 11 rings (SSSR count). The van der Waals surface area contributed by atoms with E-state index in [2.05, 4.69) is 187 Å². The summed E-state index contributed by atoms with van der Waals surface area (Å²) in [5.74, 6) is 0.677. The maximum atomic E-state index is 5.37. The molecule has 61 heavy (non-hydrogen) atoms. The minimum Gasteiger partial charge on any atom is -0.294 e. The monoisotopic (exact) mass is 779 g/mol. The fourth-order valence-corrected chi connectivity index (χ4v) is 8.42. The van der Waals surface area contributed by atoms with Crippen LogP contribution in [0.5, 0.6) is 0 Å². The Morgan fingerprint density at radius 2 is 0.721 bits per heavy atom. The number of benzene rings is 8. The van der Waals surface area contributed by atoms with Crippen molar-refractivity contribution >= 4 is 21.9 Å². The van der Waals surface area contributed by atoms with Crippen LogP contribution in [0.25, 0.3) is 106 Å². The largest absolute Gasteiger partial charge is 0.294 e. The first-order chi connectivity index (χ1) is 30.2. The van der Waals surface area contributed by atoms with Crippen LogP contribution in [0.1, 0.15) is 0 Å². The Labute approximate surface area is 354 Å². The zero-order valence-electron chi connectivity index (χ0n) is 33.1. The van der Waals surface area contributed by atoms with Gasteiger partial charge in [0.15, 0.2) is 5.82 Å². The number of aromatic nitrogens is 5. The van der Waals surface area contributed by atoms with Crippen molar-refractivity contribution < 1.29 is 0 Å². The molecule has 0 saturated heterocycles. The van der Waals surface area contributed by atoms with Gasteiger partial charge in [-0.05, 0) is 75.8 Å². The van der Waals surface area contributed by atoms with Gasteiger partial charge in [-0.25, -0.2) is 9.97 Å². The molecular formula is C56H37N5. The quantitative estimate of drug-likeness (QED) is 0.154. The zero-order valence-corrected chi connectivity index (χ0v) is 33.1. The number of fused-ring (bicyclic) bond motifs is 3. The first-order valence-electron chi connectivity index (χ1n) is 20.5. The second-order valence-corrected chi connectivity index (χ2v) is 15.1. The van der Waals surface area contributed by atoms with Crippen molar-refractivity contribution in [3.63, 3.8) is 0 Å². The summed E-state index contributed by atoms with van der Waals surface area (Å²) in [5, 5.41) is 2.16. The average Bonchev–Trinajstić information content (AvgIpc) is 3.69. The molecule has 5 heteroatoms. The summed E-state index contributed by atoms with van der Waals surface area (Å²) in [7, 11) is 0. The molecule has 11 aromatic rings. The molecule has 0 bridgehead atoms. The summed E-state index contributed by atoms with van der Waals surface area (Å²) in [6.07, 6.45) is 3.52. The summed E-state index contributed by atoms with van der Waals surface area (Å²) in [5.41, 5.74) is 16.5. The van der Waals surface area contributed by atoms with Crippen molar-refractivity contribution in [2.45, 2.75) is 0 Å². The summed E-state index contributed by atoms with van der Waals surface area (Å²) in [6, 6.07) is 74.4. The fourth-order valence-electron chi connectivity index (χ4n) is 8.42. The van der Waals surface area contributed by atoms with E-state index in [9.17, 15) is 0 Å². The van der Waals surface area contributed by atoms with Gasteiger partial charge in [-0.1, -0.05) is 170 Å². The van der Waals surface area contributed by atoms with Crippen LogP contribution in [0.4, 0.5) is 0 Å². The van der Waals surface area contributed by atoms with Gasteiger partial charge < -0.3 is 0 Å². The fraction of sp³-hybridized carbons (Fsp3) is 0. The van der Waals surface area contributed by atoms with E-state index in [-0.39, 0.29) is 0 Å². The molecule has 0 aliphatic rings. The Hall–Kier alpha value is -8.28. The van der Waals surface area contributed by atoms with Crippen molar-refractivity contribution in [3.8, 4) is 84.2 Å². The van der Waals surface area contributed by atoms with E-state index in [1.165, 1.54) is 0 Å². The topological polar surface area (TPSA) is 56.5 Å². The lowest BCUT2D eigenvalue weighted by atomic mass is 9.94. The van der Waals surface area contributed by atoms with Crippen molar-refractivity contribution in [2.75, 3.05) is 0 Å². The number of hydrogen-bond donors (Lipinski definition) is 0. The van der Waals surface area contributed by atoms with Crippen molar-refractivity contribution in [3.05, 3.63) is 225 Å². The van der Waals surface area contributed by atoms with Gasteiger partial charge in [-0.3, -0.25) is 14.5 Å². The molecule has 0 amide bonds. The van der Waals surface area contributed by atoms with Crippen molar-refractivity contribution in [2.24, 2.45) is 0 Å². The second-order valence-electron chi connectivity index (χ2n) is 15.1. The molecular weight excluding hydrogens is 743 g/mol. The van der Waals surface area contributed by atoms with Crippen LogP contribution in [0.2, 0.25) is 0 Å². The van der Waals surface area contributed by atoms with Gasteiger partial charge in [0.2, 0.25) is 0 Å². The summed E-state index contributed by atoms with van der Waals surface area (Å²) in [6.45, 7) is 0. The lowest BCUT2D eigenvalue weighted by molar-refractivity contribution is 1.11. The van der Waals surface area contributed by atoms with Gasteiger partial charge in [-0.15, -0.1) is 0 Å². The maximum Gasteiger partial charge on any atom is 0.162 e. The number of hydrogen-bond acceptors (Lipinski definition) is 4. The molecule has 0 fully saturated rings. The van der Waals surface area contributed by atoms with E-state index in [4.69, 9.17) is 19.9 Å². The van der Waals surface area contributed by atoms with Crippen LogP contribution in [0.15, 0.2) is 225 Å². The number of nitrogens with zero attached hydrogens (tertiary/aromatic N) is 5. The molecule has 8 aromatic carbocycles. The normalized spacial score (nSPS) is 11.3. The molecule has 286 valence electrons. The highest BCUT2D eigenvalue weighted by atomic mass is 15.1. The highest BCUT2D eigenvalue weighted by Gasteiger charge is 2.21. The van der Waals surface area contributed by atoms with Crippen LogP contribution in [-0.4, -0.2) is 24.5 Å². The van der Waals surface area contributed by atoms with E-state index >= 15 is 0 Å². The average molecular weight is 780 g/mol. The highest BCUT2D eigenvalue weighted by Crippen LogP contribution is 2.39. The molecule has 0 aliphatic heterocycles. The minimum absolute atomic E-state index is 0.677. The third-order valence-corrected chi connectivity index (χ3v) is 11.3. The molecule has 0 saturated carbocycles. The van der Waals surface area contributed by atoms with E-state index in [0.717, 1.165) is 100 Å². The molecule has 0 atom stereocenters. The summed E-state index contributed by atoms with van der Waals surface area (Å²) in [4.78, 5) is 20.2. The van der Waals surface area contributed by atoms with Crippen LogP contribution >= 0.6 is 0 Å². The minimum atomic E-state index is 0.677. The van der Waals surface area contributed by atoms with Gasteiger partial charge in [0.05, 0.1) is 28.0 Å². The Kier molecular flexibility index (Phi) is 9.10. The molecule has 5 nitrogen and oxygen atoms in total. The lowest BCUT2D eigenvalue weighted by Crippen LogP contribution is -1.99. The van der Waals surface area contributed by atoms with Crippen molar-refractivity contribution in [1.82, 2.24) is 24.5 Å². The number of rotatable bonds is 8. The molecule has 0 N–H and O–H groups in total. The van der Waals surface area contributed by atoms with E-state index in [0.29, 0.717) is 5.82 Å². The zero-order chi connectivity index (χ0) is 40.5. The Morgan fingerprint density at radius 3 is 1.30 bits per heavy atom. The second kappa shape index (κ2) is 15.5. The molecule has 3 aromatic heterocycles. The maximum absolute atomic E-state index is 5.37. The van der Waals surface area contributed by atoms with E-state index in [1.807, 2.05) is 30.3 Å². The third kappa shape index (κ3) is 6.74. The van der Waals surface area contributed by atoms with Gasteiger partial charge in [0, 0.05) is 45.7 Å². The van der Waals surface area contributed by atoms with Crippen molar-refractivity contribution in [1.29, 1.82) is 0 Å². The first kappa shape index (κ1) is 35.8. The summed E-state index contributed by atoms with van der Waals surface area (Å²) >= 11 is 0. The Morgan fingerprint density at radius 1 is 0.311 bits per heavy atom. The molecule has 0 radical (unpaired) electrons. The van der Waals surface area contributed by atoms with E-state index < -0.39 is 0 Å². The predicted molar refractivity (Wildman–Crippen MR) is 250 cm³/mol. The van der Waals surface area contributed by atoms with Crippen LogP contribution < -0.4 is 0 Å². The molecule has 0 aliphatic carbocycles. The third-order valence-electron chi connectivity index (χ3n) is 11.3. The highest BCUT2D eigenvalue weighted by molar-refractivity contribution is 6.14. The SMILES string of the molecule is c1ccc(-c2nccnc2-c2cccc(-c3cccc(-c4cccc(-c5cccc(-c6nc(-c7ccccc7)c7c8ccccc8n(-c8ccccc8)c7n6)c5)c4)c3)c2)cc1. The van der Waals surface area contributed by atoms with Gasteiger partial charge in [0.25, 0.3) is 0 Å². The predicted octanol–water partition coefficient (Wildman–Crippen LogP) is 14.0. The van der Waals surface area contributed by atoms with Crippen LogP contribution in [0.3, 0.4) is 0 Å². The molecule has 0 spiro atoms. The Bertz CT molecular complexity index is 3360. The lowest BCUT2D eigenvalue weighted by Gasteiger charge is -2.12.